The first-order valence-electron chi connectivity index (χ1n) is 7.18. The van der Waals surface area contributed by atoms with Crippen LogP contribution in [0.3, 0.4) is 0 Å². The van der Waals surface area contributed by atoms with Gasteiger partial charge in [0.2, 0.25) is 0 Å². The van der Waals surface area contributed by atoms with Gasteiger partial charge in [-0.2, -0.15) is 0 Å². The summed E-state index contributed by atoms with van der Waals surface area (Å²) in [6, 6.07) is 2.86. The Hall–Kier alpha value is -0.800. The summed E-state index contributed by atoms with van der Waals surface area (Å²) < 4.78 is 5.63. The number of rotatable bonds is 8. The molecule has 1 heterocycles. The summed E-state index contributed by atoms with van der Waals surface area (Å²) in [5.41, 5.74) is 1.26. The molecule has 18 heavy (non-hydrogen) atoms. The highest BCUT2D eigenvalue weighted by Crippen LogP contribution is 2.35. The van der Waals surface area contributed by atoms with E-state index in [2.05, 4.69) is 37.2 Å². The highest BCUT2D eigenvalue weighted by atomic mass is 16.3. The third-order valence-electron chi connectivity index (χ3n) is 3.87. The monoisotopic (exact) mass is 250 g/mol. The van der Waals surface area contributed by atoms with Crippen LogP contribution in [-0.2, 0) is 13.1 Å². The first kappa shape index (κ1) is 13.6. The smallest absolute Gasteiger partial charge is 0.118 e. The van der Waals surface area contributed by atoms with Gasteiger partial charge in [-0.3, -0.25) is 4.90 Å². The lowest BCUT2D eigenvalue weighted by Crippen LogP contribution is -2.30. The van der Waals surface area contributed by atoms with Gasteiger partial charge in [-0.15, -0.1) is 0 Å². The molecule has 0 bridgehead atoms. The highest BCUT2D eigenvalue weighted by Gasteiger charge is 2.30. The van der Waals surface area contributed by atoms with Crippen molar-refractivity contribution in [1.82, 2.24) is 10.2 Å². The summed E-state index contributed by atoms with van der Waals surface area (Å²) in [4.78, 5) is 2.40. The van der Waals surface area contributed by atoms with Gasteiger partial charge in [0.15, 0.2) is 0 Å². The Labute approximate surface area is 111 Å². The molecule has 1 aromatic heterocycles. The first-order chi connectivity index (χ1) is 8.70. The average molecular weight is 250 g/mol. The number of hydrogen-bond donors (Lipinski definition) is 1. The standard InChI is InChI=1S/C15H26N2O/c1-4-7-16-9-13-8-15(18-11-13)10-17(3)12(2)14-5-6-14/h8,11-12,14,16H,4-7,9-10H2,1-3H3. The van der Waals surface area contributed by atoms with Crippen molar-refractivity contribution in [1.29, 1.82) is 0 Å². The summed E-state index contributed by atoms with van der Waals surface area (Å²) in [7, 11) is 2.19. The lowest BCUT2D eigenvalue weighted by atomic mass is 10.2. The normalized spacial score (nSPS) is 17.3. The van der Waals surface area contributed by atoms with Crippen molar-refractivity contribution in [3.8, 4) is 0 Å². The molecule has 2 rings (SSSR count). The fourth-order valence-electron chi connectivity index (χ4n) is 2.34. The van der Waals surface area contributed by atoms with Crippen molar-refractivity contribution in [3.63, 3.8) is 0 Å². The van der Waals surface area contributed by atoms with Gasteiger partial charge in [-0.25, -0.2) is 0 Å². The van der Waals surface area contributed by atoms with E-state index in [-0.39, 0.29) is 0 Å². The Bertz CT molecular complexity index is 357. The molecular weight excluding hydrogens is 224 g/mol. The summed E-state index contributed by atoms with van der Waals surface area (Å²) in [6.07, 6.45) is 5.85. The van der Waals surface area contributed by atoms with Crippen molar-refractivity contribution in [2.75, 3.05) is 13.6 Å². The van der Waals surface area contributed by atoms with Crippen molar-refractivity contribution in [3.05, 3.63) is 23.7 Å². The SMILES string of the molecule is CCCNCc1coc(CN(C)C(C)C2CC2)c1. The Kier molecular flexibility index (Phi) is 4.84. The Morgan fingerprint density at radius 2 is 2.28 bits per heavy atom. The van der Waals surface area contributed by atoms with Crippen LogP contribution in [0, 0.1) is 5.92 Å². The largest absolute Gasteiger partial charge is 0.468 e. The number of hydrogen-bond acceptors (Lipinski definition) is 3. The predicted octanol–water partition coefficient (Wildman–Crippen LogP) is 3.01. The Morgan fingerprint density at radius 3 is 2.94 bits per heavy atom. The number of furan rings is 1. The molecule has 1 fully saturated rings. The molecule has 0 aliphatic heterocycles. The van der Waals surface area contributed by atoms with Crippen molar-refractivity contribution >= 4 is 0 Å². The molecule has 1 saturated carbocycles. The van der Waals surface area contributed by atoms with Gasteiger partial charge in [0.05, 0.1) is 12.8 Å². The number of nitrogens with zero attached hydrogens (tertiary/aromatic N) is 1. The topological polar surface area (TPSA) is 28.4 Å². The van der Waals surface area contributed by atoms with Crippen LogP contribution < -0.4 is 5.32 Å². The van der Waals surface area contributed by atoms with Gasteiger partial charge < -0.3 is 9.73 Å². The molecule has 1 aliphatic carbocycles. The third-order valence-corrected chi connectivity index (χ3v) is 3.87. The second kappa shape index (κ2) is 6.39. The zero-order valence-electron chi connectivity index (χ0n) is 11.9. The summed E-state index contributed by atoms with van der Waals surface area (Å²) >= 11 is 0. The van der Waals surface area contributed by atoms with E-state index in [1.165, 1.54) is 24.8 Å². The van der Waals surface area contributed by atoms with Crippen LogP contribution in [-0.4, -0.2) is 24.5 Å². The van der Waals surface area contributed by atoms with Gasteiger partial charge in [0, 0.05) is 18.2 Å². The molecule has 3 heteroatoms. The quantitative estimate of drug-likeness (QED) is 0.719. The zero-order chi connectivity index (χ0) is 13.0. The molecule has 0 spiro atoms. The summed E-state index contributed by atoms with van der Waals surface area (Å²) in [6.45, 7) is 7.41. The van der Waals surface area contributed by atoms with Gasteiger partial charge in [0.1, 0.15) is 5.76 Å². The fraction of sp³-hybridized carbons (Fsp3) is 0.733. The third kappa shape index (κ3) is 3.85. The van der Waals surface area contributed by atoms with Gasteiger partial charge in [-0.1, -0.05) is 6.92 Å². The van der Waals surface area contributed by atoms with Crippen LogP contribution >= 0.6 is 0 Å². The second-order valence-electron chi connectivity index (χ2n) is 5.59. The summed E-state index contributed by atoms with van der Waals surface area (Å²) in [5, 5.41) is 3.40. The van der Waals surface area contributed by atoms with Crippen LogP contribution in [0.25, 0.3) is 0 Å². The molecule has 0 saturated heterocycles. The maximum atomic E-state index is 5.63. The maximum Gasteiger partial charge on any atom is 0.118 e. The minimum Gasteiger partial charge on any atom is -0.468 e. The molecule has 102 valence electrons. The molecular formula is C15H26N2O. The first-order valence-corrected chi connectivity index (χ1v) is 7.18. The van der Waals surface area contributed by atoms with Crippen LogP contribution in [0.15, 0.2) is 16.7 Å². The molecule has 0 amide bonds. The van der Waals surface area contributed by atoms with E-state index >= 15 is 0 Å². The van der Waals surface area contributed by atoms with Crippen molar-refractivity contribution in [2.45, 2.75) is 52.2 Å². The molecule has 0 radical (unpaired) electrons. The molecule has 1 aliphatic rings. The van der Waals surface area contributed by atoms with E-state index in [9.17, 15) is 0 Å². The number of nitrogens with one attached hydrogen (secondary N) is 1. The van der Waals surface area contributed by atoms with Crippen molar-refractivity contribution in [2.24, 2.45) is 5.92 Å². The van der Waals surface area contributed by atoms with E-state index < -0.39 is 0 Å². The molecule has 3 nitrogen and oxygen atoms in total. The molecule has 1 unspecified atom stereocenters. The average Bonchev–Trinajstić information content (AvgIpc) is 3.11. The lowest BCUT2D eigenvalue weighted by molar-refractivity contribution is 0.210. The van der Waals surface area contributed by atoms with Gasteiger partial charge in [-0.05, 0) is 51.8 Å². The van der Waals surface area contributed by atoms with Gasteiger partial charge in [0.25, 0.3) is 0 Å². The van der Waals surface area contributed by atoms with E-state index in [4.69, 9.17) is 4.42 Å². The van der Waals surface area contributed by atoms with E-state index in [0.717, 1.165) is 31.3 Å². The van der Waals surface area contributed by atoms with E-state index in [1.54, 1.807) is 0 Å². The highest BCUT2D eigenvalue weighted by molar-refractivity contribution is 5.12. The Balaban J connectivity index is 1.78. The van der Waals surface area contributed by atoms with Crippen LogP contribution in [0.1, 0.15) is 44.4 Å². The zero-order valence-corrected chi connectivity index (χ0v) is 11.9. The predicted molar refractivity (Wildman–Crippen MR) is 74.4 cm³/mol. The lowest BCUT2D eigenvalue weighted by Gasteiger charge is -2.23. The summed E-state index contributed by atoms with van der Waals surface area (Å²) in [5.74, 6) is 1.99. The van der Waals surface area contributed by atoms with Gasteiger partial charge >= 0.3 is 0 Å². The van der Waals surface area contributed by atoms with Crippen molar-refractivity contribution < 1.29 is 4.42 Å². The maximum absolute atomic E-state index is 5.63. The Morgan fingerprint density at radius 1 is 1.50 bits per heavy atom. The molecule has 1 atom stereocenters. The van der Waals surface area contributed by atoms with E-state index in [1.807, 2.05) is 6.26 Å². The molecule has 1 N–H and O–H groups in total. The van der Waals surface area contributed by atoms with E-state index in [0.29, 0.717) is 6.04 Å². The minimum atomic E-state index is 0.678. The second-order valence-corrected chi connectivity index (χ2v) is 5.59. The minimum absolute atomic E-state index is 0.678. The molecule has 0 aromatic carbocycles. The van der Waals surface area contributed by atoms with Crippen LogP contribution in [0.4, 0.5) is 0 Å². The fourth-order valence-corrected chi connectivity index (χ4v) is 2.34. The van der Waals surface area contributed by atoms with Crippen LogP contribution in [0.2, 0.25) is 0 Å². The van der Waals surface area contributed by atoms with Crippen LogP contribution in [0.5, 0.6) is 0 Å². The molecule has 1 aromatic rings.